The number of likely N-dealkylation sites (tertiary alicyclic amines) is 1. The molecule has 3 atom stereocenters. The molecular formula is C13H23N3O. The van der Waals surface area contributed by atoms with Crippen molar-refractivity contribution in [2.24, 2.45) is 5.92 Å². The molecule has 2 aliphatic heterocycles. The van der Waals surface area contributed by atoms with Crippen molar-refractivity contribution >= 4 is 5.91 Å². The van der Waals surface area contributed by atoms with E-state index in [1.165, 1.54) is 19.4 Å². The molecule has 1 amide bonds. The number of fused-ring (bicyclic) bond motifs is 1. The Hall–Kier alpha value is -0.610. The van der Waals surface area contributed by atoms with Gasteiger partial charge in [-0.05, 0) is 32.6 Å². The van der Waals surface area contributed by atoms with Gasteiger partial charge in [-0.1, -0.05) is 0 Å². The molecule has 0 radical (unpaired) electrons. The van der Waals surface area contributed by atoms with Gasteiger partial charge in [-0.25, -0.2) is 0 Å². The van der Waals surface area contributed by atoms with E-state index in [-0.39, 0.29) is 5.91 Å². The molecule has 1 aliphatic carbocycles. The Morgan fingerprint density at radius 1 is 1.29 bits per heavy atom. The van der Waals surface area contributed by atoms with E-state index in [1.54, 1.807) is 0 Å². The second-order valence-electron chi connectivity index (χ2n) is 6.13. The molecule has 0 aromatic carbocycles. The van der Waals surface area contributed by atoms with E-state index >= 15 is 0 Å². The van der Waals surface area contributed by atoms with Crippen molar-refractivity contribution in [3.63, 3.8) is 0 Å². The number of piperidine rings is 1. The predicted molar refractivity (Wildman–Crippen MR) is 66.5 cm³/mol. The normalized spacial score (nSPS) is 38.9. The highest BCUT2D eigenvalue weighted by Gasteiger charge is 2.52. The quantitative estimate of drug-likeness (QED) is 0.703. The molecule has 3 aliphatic rings. The van der Waals surface area contributed by atoms with Gasteiger partial charge in [-0.3, -0.25) is 14.6 Å². The van der Waals surface area contributed by atoms with E-state index in [1.807, 2.05) is 11.9 Å². The summed E-state index contributed by atoms with van der Waals surface area (Å²) >= 11 is 0. The Bertz CT molecular complexity index is 331. The molecule has 3 fully saturated rings. The van der Waals surface area contributed by atoms with Gasteiger partial charge in [0.25, 0.3) is 0 Å². The summed E-state index contributed by atoms with van der Waals surface area (Å²) in [6, 6.07) is 2.13. The van der Waals surface area contributed by atoms with Gasteiger partial charge < -0.3 is 4.90 Å². The number of carbonyl (C=O) groups is 1. The number of hydrogen-bond donors (Lipinski definition) is 0. The first-order chi connectivity index (χ1) is 8.08. The van der Waals surface area contributed by atoms with Crippen LogP contribution in [0.3, 0.4) is 0 Å². The first-order valence-electron chi connectivity index (χ1n) is 6.81. The van der Waals surface area contributed by atoms with Gasteiger partial charge in [0, 0.05) is 31.7 Å². The molecule has 3 rings (SSSR count). The summed E-state index contributed by atoms with van der Waals surface area (Å²) in [5.41, 5.74) is 0. The summed E-state index contributed by atoms with van der Waals surface area (Å²) < 4.78 is 0. The van der Waals surface area contributed by atoms with Gasteiger partial charge in [0.15, 0.2) is 0 Å². The van der Waals surface area contributed by atoms with Crippen LogP contribution in [0.15, 0.2) is 0 Å². The van der Waals surface area contributed by atoms with E-state index in [9.17, 15) is 4.79 Å². The summed E-state index contributed by atoms with van der Waals surface area (Å²) in [4.78, 5) is 18.5. The Balaban J connectivity index is 1.63. The first kappa shape index (κ1) is 11.5. The summed E-state index contributed by atoms with van der Waals surface area (Å²) in [5, 5.41) is 0. The minimum atomic E-state index is 0.286. The maximum Gasteiger partial charge on any atom is 0.237 e. The minimum absolute atomic E-state index is 0.286. The van der Waals surface area contributed by atoms with Crippen LogP contribution in [0.2, 0.25) is 0 Å². The highest BCUT2D eigenvalue weighted by molar-refractivity contribution is 5.79. The molecular weight excluding hydrogens is 214 g/mol. The van der Waals surface area contributed by atoms with Gasteiger partial charge in [0.2, 0.25) is 5.91 Å². The molecule has 17 heavy (non-hydrogen) atoms. The van der Waals surface area contributed by atoms with Gasteiger partial charge in [-0.15, -0.1) is 0 Å². The molecule has 4 nitrogen and oxygen atoms in total. The monoisotopic (exact) mass is 237 g/mol. The molecule has 0 aromatic rings. The number of hydrogen-bond acceptors (Lipinski definition) is 3. The standard InChI is InChI=1S/C13H23N3O/c1-9(2)16-5-4-11(10-6-12(10)16)15-7-13(17)14(3)8-15/h9-12H,4-8H2,1-3H3. The van der Waals surface area contributed by atoms with E-state index in [0.29, 0.717) is 18.6 Å². The van der Waals surface area contributed by atoms with Crippen LogP contribution in [0.1, 0.15) is 26.7 Å². The van der Waals surface area contributed by atoms with Crippen LogP contribution in [0, 0.1) is 5.92 Å². The largest absolute Gasteiger partial charge is 0.332 e. The Labute approximate surface area is 104 Å². The Morgan fingerprint density at radius 2 is 2.06 bits per heavy atom. The zero-order valence-electron chi connectivity index (χ0n) is 11.1. The zero-order chi connectivity index (χ0) is 12.2. The summed E-state index contributed by atoms with van der Waals surface area (Å²) in [6.45, 7) is 7.28. The average Bonchev–Trinajstić information content (AvgIpc) is 2.99. The highest BCUT2D eigenvalue weighted by Crippen LogP contribution is 2.46. The maximum atomic E-state index is 11.6. The lowest BCUT2D eigenvalue weighted by Gasteiger charge is -2.37. The zero-order valence-corrected chi connectivity index (χ0v) is 11.1. The van der Waals surface area contributed by atoms with Crippen molar-refractivity contribution in [1.82, 2.24) is 14.7 Å². The third-order valence-electron chi connectivity index (χ3n) is 4.70. The van der Waals surface area contributed by atoms with Crippen LogP contribution in [0.5, 0.6) is 0 Å². The van der Waals surface area contributed by atoms with Crippen molar-refractivity contribution in [2.45, 2.75) is 44.8 Å². The topological polar surface area (TPSA) is 26.8 Å². The summed E-state index contributed by atoms with van der Waals surface area (Å²) in [7, 11) is 1.91. The summed E-state index contributed by atoms with van der Waals surface area (Å²) in [5.74, 6) is 1.11. The smallest absolute Gasteiger partial charge is 0.237 e. The maximum absolute atomic E-state index is 11.6. The number of nitrogens with zero attached hydrogens (tertiary/aromatic N) is 3. The lowest BCUT2D eigenvalue weighted by molar-refractivity contribution is -0.125. The molecule has 2 heterocycles. The van der Waals surface area contributed by atoms with Crippen molar-refractivity contribution in [3.8, 4) is 0 Å². The van der Waals surface area contributed by atoms with Crippen LogP contribution < -0.4 is 0 Å². The van der Waals surface area contributed by atoms with Crippen molar-refractivity contribution in [2.75, 3.05) is 26.8 Å². The minimum Gasteiger partial charge on any atom is -0.332 e. The number of carbonyl (C=O) groups excluding carboxylic acids is 1. The van der Waals surface area contributed by atoms with Crippen molar-refractivity contribution in [1.29, 1.82) is 0 Å². The molecule has 2 saturated heterocycles. The van der Waals surface area contributed by atoms with Gasteiger partial charge in [0.1, 0.15) is 0 Å². The SMILES string of the molecule is CC(C)N1CCC(N2CC(=O)N(C)C2)C2CC21. The van der Waals surface area contributed by atoms with E-state index in [0.717, 1.165) is 18.6 Å². The summed E-state index contributed by atoms with van der Waals surface area (Å²) in [6.07, 6.45) is 2.58. The lowest BCUT2D eigenvalue weighted by atomic mass is 10.0. The number of amides is 1. The van der Waals surface area contributed by atoms with E-state index in [4.69, 9.17) is 0 Å². The molecule has 0 bridgehead atoms. The molecule has 3 unspecified atom stereocenters. The molecule has 96 valence electrons. The number of likely N-dealkylation sites (N-methyl/N-ethyl adjacent to an activating group) is 1. The van der Waals surface area contributed by atoms with Crippen molar-refractivity contribution in [3.05, 3.63) is 0 Å². The average molecular weight is 237 g/mol. The van der Waals surface area contributed by atoms with Crippen LogP contribution in [0.25, 0.3) is 0 Å². The fourth-order valence-corrected chi connectivity index (χ4v) is 3.67. The van der Waals surface area contributed by atoms with Gasteiger partial charge in [-0.2, -0.15) is 0 Å². The molecule has 0 spiro atoms. The third kappa shape index (κ3) is 1.87. The second kappa shape index (κ2) is 3.95. The van der Waals surface area contributed by atoms with E-state index < -0.39 is 0 Å². The third-order valence-corrected chi connectivity index (χ3v) is 4.70. The van der Waals surface area contributed by atoms with Crippen LogP contribution in [-0.2, 0) is 4.79 Å². The van der Waals surface area contributed by atoms with Gasteiger partial charge in [0.05, 0.1) is 13.2 Å². The molecule has 0 aromatic heterocycles. The molecule has 0 N–H and O–H groups in total. The molecule has 1 saturated carbocycles. The Kier molecular flexibility index (Phi) is 2.67. The van der Waals surface area contributed by atoms with Crippen molar-refractivity contribution < 1.29 is 4.79 Å². The predicted octanol–water partition coefficient (Wildman–Crippen LogP) is 0.589. The molecule has 4 heteroatoms. The van der Waals surface area contributed by atoms with Crippen LogP contribution in [0.4, 0.5) is 0 Å². The van der Waals surface area contributed by atoms with Gasteiger partial charge >= 0.3 is 0 Å². The second-order valence-corrected chi connectivity index (χ2v) is 6.13. The highest BCUT2D eigenvalue weighted by atomic mass is 16.2. The lowest BCUT2D eigenvalue weighted by Crippen LogP contribution is -2.47. The van der Waals surface area contributed by atoms with E-state index in [2.05, 4.69) is 23.6 Å². The van der Waals surface area contributed by atoms with Crippen LogP contribution in [-0.4, -0.2) is 65.5 Å². The van der Waals surface area contributed by atoms with Crippen LogP contribution >= 0.6 is 0 Å². The fourth-order valence-electron chi connectivity index (χ4n) is 3.67. The first-order valence-corrected chi connectivity index (χ1v) is 6.81. The Morgan fingerprint density at radius 3 is 2.65 bits per heavy atom. The fraction of sp³-hybridized carbons (Fsp3) is 0.923. The number of rotatable bonds is 2.